The van der Waals surface area contributed by atoms with Crippen molar-refractivity contribution >= 4 is 23.5 Å². The summed E-state index contributed by atoms with van der Waals surface area (Å²) in [6.07, 6.45) is 1.38. The number of nitrogens with zero attached hydrogens (tertiary/aromatic N) is 1. The van der Waals surface area contributed by atoms with Crippen LogP contribution in [0.25, 0.3) is 0 Å². The Morgan fingerprint density at radius 1 is 1.00 bits per heavy atom. The van der Waals surface area contributed by atoms with Crippen LogP contribution in [0.5, 0.6) is 0 Å². The van der Waals surface area contributed by atoms with Crippen molar-refractivity contribution in [2.75, 3.05) is 0 Å². The van der Waals surface area contributed by atoms with Crippen molar-refractivity contribution in [1.29, 1.82) is 0 Å². The molecule has 4 heteroatoms. The highest BCUT2D eigenvalue weighted by Gasteiger charge is 2.01. The highest BCUT2D eigenvalue weighted by molar-refractivity contribution is 6.30. The molecule has 2 nitrogen and oxygen atoms in total. The zero-order valence-electron chi connectivity index (χ0n) is 8.81. The fourth-order valence-electron chi connectivity index (χ4n) is 1.35. The molecule has 0 aliphatic carbocycles. The Labute approximate surface area is 103 Å². The third kappa shape index (κ3) is 3.04. The van der Waals surface area contributed by atoms with Gasteiger partial charge in [0.05, 0.1) is 0 Å². The lowest BCUT2D eigenvalue weighted by Crippen LogP contribution is -1.98. The summed E-state index contributed by atoms with van der Waals surface area (Å²) in [7, 11) is 0. The van der Waals surface area contributed by atoms with Gasteiger partial charge >= 0.3 is 0 Å². The first-order valence-electron chi connectivity index (χ1n) is 4.97. The summed E-state index contributed by atoms with van der Waals surface area (Å²) in [6, 6.07) is 12.2. The minimum absolute atomic E-state index is 0.328. The molecule has 0 amide bonds. The summed E-state index contributed by atoms with van der Waals surface area (Å²) in [5.41, 5.74) is 1.11. The second-order valence-corrected chi connectivity index (χ2v) is 3.92. The minimum atomic E-state index is -0.328. The van der Waals surface area contributed by atoms with Gasteiger partial charge in [-0.3, -0.25) is 0 Å². The molecule has 0 aliphatic rings. The van der Waals surface area contributed by atoms with Gasteiger partial charge in [-0.25, -0.2) is 4.39 Å². The van der Waals surface area contributed by atoms with E-state index in [1.807, 2.05) is 0 Å². The van der Waals surface area contributed by atoms with E-state index in [4.69, 9.17) is 11.6 Å². The van der Waals surface area contributed by atoms with Crippen molar-refractivity contribution < 1.29 is 9.13 Å². The predicted molar refractivity (Wildman–Crippen MR) is 66.3 cm³/mol. The van der Waals surface area contributed by atoms with Crippen LogP contribution in [-0.4, -0.2) is 11.0 Å². The van der Waals surface area contributed by atoms with E-state index in [9.17, 15) is 9.60 Å². The Kier molecular flexibility index (Phi) is 3.40. The molecule has 0 fully saturated rings. The van der Waals surface area contributed by atoms with Gasteiger partial charge in [-0.1, -0.05) is 11.6 Å². The first kappa shape index (κ1) is 11.6. The van der Waals surface area contributed by atoms with Crippen LogP contribution in [0.2, 0.25) is 5.02 Å². The zero-order chi connectivity index (χ0) is 12.3. The van der Waals surface area contributed by atoms with Crippen LogP contribution in [0.15, 0.2) is 48.5 Å². The van der Waals surface area contributed by atoms with Gasteiger partial charge < -0.3 is 5.21 Å². The van der Waals surface area contributed by atoms with Crippen molar-refractivity contribution in [3.8, 4) is 0 Å². The standard InChI is InChI=1S/C13H9ClFNO/c14-11-3-7-13(8-4-11)16(17)9-10-1-5-12(15)6-2-10/h1-9H/b16-9-. The predicted octanol–water partition coefficient (Wildman–Crippen LogP) is 3.74. The lowest BCUT2D eigenvalue weighted by atomic mass is 10.2. The highest BCUT2D eigenvalue weighted by atomic mass is 35.5. The Morgan fingerprint density at radius 3 is 2.18 bits per heavy atom. The summed E-state index contributed by atoms with van der Waals surface area (Å²) < 4.78 is 13.4. The first-order valence-corrected chi connectivity index (χ1v) is 5.35. The lowest BCUT2D eigenvalue weighted by Gasteiger charge is -2.02. The third-order valence-corrected chi connectivity index (χ3v) is 2.47. The van der Waals surface area contributed by atoms with Crippen LogP contribution in [0.1, 0.15) is 5.56 Å². The lowest BCUT2D eigenvalue weighted by molar-refractivity contribution is -0.354. The number of benzene rings is 2. The molecule has 17 heavy (non-hydrogen) atoms. The molecule has 0 spiro atoms. The zero-order valence-corrected chi connectivity index (χ0v) is 9.56. The molecule has 0 unspecified atom stereocenters. The number of halogens is 2. The minimum Gasteiger partial charge on any atom is -0.618 e. The van der Waals surface area contributed by atoms with E-state index in [2.05, 4.69) is 0 Å². The van der Waals surface area contributed by atoms with Crippen LogP contribution in [0.4, 0.5) is 10.1 Å². The summed E-state index contributed by atoms with van der Waals surface area (Å²) in [4.78, 5) is 0. The van der Waals surface area contributed by atoms with Gasteiger partial charge in [0.15, 0.2) is 6.21 Å². The molecule has 0 atom stereocenters. The molecular formula is C13H9ClFNO. The molecule has 86 valence electrons. The van der Waals surface area contributed by atoms with Crippen LogP contribution in [0.3, 0.4) is 0 Å². The summed E-state index contributed by atoms with van der Waals surface area (Å²) in [5, 5.41) is 12.3. The molecular weight excluding hydrogens is 241 g/mol. The molecule has 0 saturated heterocycles. The Hall–Kier alpha value is -1.87. The Bertz CT molecular complexity index is 534. The summed E-state index contributed by atoms with van der Waals surface area (Å²) in [6.45, 7) is 0. The van der Waals surface area contributed by atoms with Crippen molar-refractivity contribution in [3.05, 3.63) is 70.1 Å². The maximum absolute atomic E-state index is 12.7. The molecule has 0 bridgehead atoms. The van der Waals surface area contributed by atoms with Gasteiger partial charge in [-0.2, -0.15) is 4.74 Å². The topological polar surface area (TPSA) is 26.1 Å². The van der Waals surface area contributed by atoms with Gasteiger partial charge in [-0.15, -0.1) is 0 Å². The first-order chi connectivity index (χ1) is 8.15. The van der Waals surface area contributed by atoms with Gasteiger partial charge in [0.1, 0.15) is 5.82 Å². The second kappa shape index (κ2) is 4.97. The van der Waals surface area contributed by atoms with Crippen molar-refractivity contribution in [2.45, 2.75) is 0 Å². The monoisotopic (exact) mass is 249 g/mol. The van der Waals surface area contributed by atoms with E-state index >= 15 is 0 Å². The molecule has 2 aromatic carbocycles. The average molecular weight is 250 g/mol. The smallest absolute Gasteiger partial charge is 0.216 e. The van der Waals surface area contributed by atoms with E-state index in [1.54, 1.807) is 24.3 Å². The second-order valence-electron chi connectivity index (χ2n) is 3.48. The Balaban J connectivity index is 2.27. The van der Waals surface area contributed by atoms with Gasteiger partial charge in [0, 0.05) is 22.7 Å². The van der Waals surface area contributed by atoms with Crippen LogP contribution >= 0.6 is 11.6 Å². The van der Waals surface area contributed by atoms with E-state index in [-0.39, 0.29) is 5.82 Å². The quantitative estimate of drug-likeness (QED) is 0.345. The summed E-state index contributed by atoms with van der Waals surface area (Å²) in [5.74, 6) is -0.328. The highest BCUT2D eigenvalue weighted by Crippen LogP contribution is 2.15. The fourth-order valence-corrected chi connectivity index (χ4v) is 1.47. The molecule has 2 aromatic rings. The van der Waals surface area contributed by atoms with Gasteiger partial charge in [0.2, 0.25) is 5.69 Å². The van der Waals surface area contributed by atoms with Gasteiger partial charge in [0.25, 0.3) is 0 Å². The third-order valence-electron chi connectivity index (χ3n) is 2.22. The van der Waals surface area contributed by atoms with Crippen LogP contribution < -0.4 is 0 Å². The van der Waals surface area contributed by atoms with E-state index in [0.717, 1.165) is 0 Å². The molecule has 0 saturated carbocycles. The maximum atomic E-state index is 12.7. The molecule has 2 rings (SSSR count). The number of rotatable bonds is 2. The normalized spacial score (nSPS) is 11.5. The maximum Gasteiger partial charge on any atom is 0.216 e. The summed E-state index contributed by atoms with van der Waals surface area (Å²) >= 11 is 5.72. The van der Waals surface area contributed by atoms with E-state index in [0.29, 0.717) is 21.0 Å². The van der Waals surface area contributed by atoms with Crippen molar-refractivity contribution in [1.82, 2.24) is 0 Å². The van der Waals surface area contributed by atoms with Gasteiger partial charge in [-0.05, 0) is 36.4 Å². The van der Waals surface area contributed by atoms with Crippen molar-refractivity contribution in [3.63, 3.8) is 0 Å². The fraction of sp³-hybridized carbons (Fsp3) is 0. The number of hydrogen-bond acceptors (Lipinski definition) is 1. The average Bonchev–Trinajstić information content (AvgIpc) is 2.33. The van der Waals surface area contributed by atoms with Crippen molar-refractivity contribution in [2.24, 2.45) is 0 Å². The molecule has 0 radical (unpaired) electrons. The molecule has 0 aliphatic heterocycles. The SMILES string of the molecule is [O-]/[N+](=C\c1ccc(F)cc1)c1ccc(Cl)cc1. The molecule has 0 heterocycles. The van der Waals surface area contributed by atoms with E-state index < -0.39 is 0 Å². The largest absolute Gasteiger partial charge is 0.618 e. The van der Waals surface area contributed by atoms with Crippen LogP contribution in [-0.2, 0) is 0 Å². The molecule has 0 aromatic heterocycles. The molecule has 0 N–H and O–H groups in total. The number of hydrogen-bond donors (Lipinski definition) is 0. The van der Waals surface area contributed by atoms with Crippen LogP contribution in [0, 0.1) is 11.0 Å². The van der Waals surface area contributed by atoms with E-state index in [1.165, 1.54) is 30.5 Å². The Morgan fingerprint density at radius 2 is 1.59 bits per heavy atom.